The Balaban J connectivity index is 1.15. The van der Waals surface area contributed by atoms with Crippen LogP contribution >= 0.6 is 0 Å². The zero-order valence-corrected chi connectivity index (χ0v) is 25.4. The molecule has 2 aromatic heterocycles. The van der Waals surface area contributed by atoms with Crippen molar-refractivity contribution in [2.45, 2.75) is 0 Å². The molecule has 0 amide bonds. The molecule has 0 radical (unpaired) electrons. The van der Waals surface area contributed by atoms with E-state index in [1.54, 1.807) is 4.57 Å². The molecule has 222 valence electrons. The Morgan fingerprint density at radius 3 is 1.64 bits per heavy atom. The van der Waals surface area contributed by atoms with Gasteiger partial charge in [-0.1, -0.05) is 115 Å². The first-order chi connectivity index (χ1) is 23.1. The maximum absolute atomic E-state index is 9.10. The predicted octanol–water partition coefficient (Wildman–Crippen LogP) is 7.18. The van der Waals surface area contributed by atoms with Crippen molar-refractivity contribution in [1.29, 1.82) is 5.41 Å². The average molecular weight is 606 g/mol. The second kappa shape index (κ2) is 11.8. The Morgan fingerprint density at radius 1 is 0.468 bits per heavy atom. The topological polar surface area (TPSA) is 93.0 Å². The molecule has 8 aromatic rings. The lowest BCUT2D eigenvalue weighted by molar-refractivity contribution is -0.117. The summed E-state index contributed by atoms with van der Waals surface area (Å²) in [6.45, 7) is 0. The summed E-state index contributed by atoms with van der Waals surface area (Å²) in [6, 6.07) is 52.3. The van der Waals surface area contributed by atoms with Crippen LogP contribution in [0.1, 0.15) is 5.56 Å². The van der Waals surface area contributed by atoms with Gasteiger partial charge in [-0.05, 0) is 53.6 Å². The Morgan fingerprint density at radius 2 is 0.979 bits per heavy atom. The van der Waals surface area contributed by atoms with E-state index >= 15 is 0 Å². The van der Waals surface area contributed by atoms with Gasteiger partial charge in [0.25, 0.3) is 5.84 Å². The van der Waals surface area contributed by atoms with Gasteiger partial charge in [-0.3, -0.25) is 10.8 Å². The largest absolute Gasteiger partial charge is 0.287 e. The number of nitrogens with one attached hydrogen (secondary N) is 1. The van der Waals surface area contributed by atoms with E-state index in [2.05, 4.69) is 54.6 Å². The zero-order valence-electron chi connectivity index (χ0n) is 25.4. The number of nitrogens with zero attached hydrogens (tertiary/aromatic N) is 4. The second-order valence-electron chi connectivity index (χ2n) is 11.3. The van der Waals surface area contributed by atoms with Crippen molar-refractivity contribution >= 4 is 27.6 Å². The van der Waals surface area contributed by atoms with E-state index in [1.807, 2.05) is 103 Å². The molecule has 2 heterocycles. The van der Waals surface area contributed by atoms with Crippen LogP contribution in [-0.2, 0) is 0 Å². The maximum Gasteiger partial charge on any atom is 0.287 e. The van der Waals surface area contributed by atoms with Gasteiger partial charge in [0.15, 0.2) is 5.82 Å². The van der Waals surface area contributed by atoms with Crippen molar-refractivity contribution < 1.29 is 5.41 Å². The minimum Gasteiger partial charge on any atom is -0.286 e. The third-order valence-corrected chi connectivity index (χ3v) is 8.40. The number of hydrogen-bond acceptors (Lipinski definition) is 4. The number of nitrogens with two attached hydrogens (primary N) is 1. The van der Waals surface area contributed by atoms with Crippen molar-refractivity contribution in [3.8, 4) is 45.2 Å². The van der Waals surface area contributed by atoms with Crippen LogP contribution in [0.15, 0.2) is 158 Å². The van der Waals surface area contributed by atoms with Crippen LogP contribution in [0.4, 0.5) is 0 Å². The van der Waals surface area contributed by atoms with Gasteiger partial charge in [0.05, 0.1) is 27.7 Å². The normalized spacial score (nSPS) is 11.1. The number of rotatable bonds is 5. The first-order valence-corrected chi connectivity index (χ1v) is 15.4. The molecule has 0 aliphatic carbocycles. The van der Waals surface area contributed by atoms with Gasteiger partial charge in [0.2, 0.25) is 11.3 Å². The monoisotopic (exact) mass is 605 g/mol. The lowest BCUT2D eigenvalue weighted by atomic mass is 10.0. The molecule has 47 heavy (non-hydrogen) atoms. The van der Waals surface area contributed by atoms with Gasteiger partial charge in [-0.2, -0.15) is 4.57 Å². The van der Waals surface area contributed by atoms with Crippen LogP contribution in [-0.4, -0.2) is 25.4 Å². The van der Waals surface area contributed by atoms with E-state index in [4.69, 9.17) is 25.8 Å². The lowest BCUT2D eigenvalue weighted by Crippen LogP contribution is -2.49. The number of benzene rings is 6. The molecule has 3 N–H and O–H groups in total. The second-order valence-corrected chi connectivity index (χ2v) is 11.3. The summed E-state index contributed by atoms with van der Waals surface area (Å²) in [5.41, 5.74) is 8.70. The quantitative estimate of drug-likeness (QED) is 0.161. The molecule has 0 bridgehead atoms. The highest BCUT2D eigenvalue weighted by Crippen LogP contribution is 2.31. The Kier molecular flexibility index (Phi) is 7.00. The van der Waals surface area contributed by atoms with Crippen molar-refractivity contribution in [2.24, 2.45) is 0 Å². The average Bonchev–Trinajstić information content (AvgIpc) is 3.15. The summed E-state index contributed by atoms with van der Waals surface area (Å²) in [4.78, 5) is 14.9. The first kappa shape index (κ1) is 28.0. The molecule has 0 saturated carbocycles. The highest BCUT2D eigenvalue weighted by Gasteiger charge is 2.22. The Labute approximate surface area is 271 Å². The van der Waals surface area contributed by atoms with Gasteiger partial charge >= 0.3 is 0 Å². The van der Waals surface area contributed by atoms with Crippen molar-refractivity contribution in [3.05, 3.63) is 169 Å². The Bertz CT molecular complexity index is 2470. The summed E-state index contributed by atoms with van der Waals surface area (Å²) in [7, 11) is 0. The van der Waals surface area contributed by atoms with Crippen LogP contribution < -0.4 is 10.9 Å². The SMILES string of the molecule is N=c1c2ccccc2nc(-c2ccc(-c3ccc(-c4nc(-c5ccccc5)c5ccccc5n4)cc3)cc2)n1C(=[NH2+])c1ccccc1. The zero-order chi connectivity index (χ0) is 31.7. The van der Waals surface area contributed by atoms with Crippen LogP contribution in [0, 0.1) is 5.41 Å². The third kappa shape index (κ3) is 5.18. The van der Waals surface area contributed by atoms with E-state index in [9.17, 15) is 0 Å². The highest BCUT2D eigenvalue weighted by molar-refractivity contribution is 5.99. The summed E-state index contributed by atoms with van der Waals surface area (Å²) < 4.78 is 1.73. The molecule has 0 aliphatic rings. The van der Waals surface area contributed by atoms with E-state index in [0.717, 1.165) is 60.9 Å². The lowest BCUT2D eigenvalue weighted by Gasteiger charge is -2.11. The van der Waals surface area contributed by atoms with Crippen molar-refractivity contribution in [2.75, 3.05) is 0 Å². The van der Waals surface area contributed by atoms with E-state index in [0.29, 0.717) is 17.5 Å². The molecule has 6 aromatic carbocycles. The van der Waals surface area contributed by atoms with Crippen LogP contribution in [0.25, 0.3) is 67.0 Å². The minimum absolute atomic E-state index is 0.290. The first-order valence-electron chi connectivity index (χ1n) is 15.4. The molecule has 0 unspecified atom stereocenters. The fourth-order valence-electron chi connectivity index (χ4n) is 5.97. The molecule has 0 aliphatic heterocycles. The fourth-order valence-corrected chi connectivity index (χ4v) is 5.97. The van der Waals surface area contributed by atoms with Crippen LogP contribution in [0.2, 0.25) is 0 Å². The highest BCUT2D eigenvalue weighted by atomic mass is 15.1. The summed E-state index contributed by atoms with van der Waals surface area (Å²) in [5.74, 6) is 1.75. The number of aromatic nitrogens is 4. The van der Waals surface area contributed by atoms with E-state index in [1.165, 1.54) is 0 Å². The number of para-hydroxylation sites is 2. The van der Waals surface area contributed by atoms with Gasteiger partial charge in [0, 0.05) is 22.1 Å². The van der Waals surface area contributed by atoms with E-state index in [-0.39, 0.29) is 5.49 Å². The number of fused-ring (bicyclic) bond motifs is 2. The molecule has 0 atom stereocenters. The summed E-state index contributed by atoms with van der Waals surface area (Å²) in [5, 5.41) is 17.6. The fraction of sp³-hybridized carbons (Fsp3) is 0. The van der Waals surface area contributed by atoms with Gasteiger partial charge in [0.1, 0.15) is 0 Å². The number of hydrogen-bond donors (Lipinski definition) is 2. The summed E-state index contributed by atoms with van der Waals surface area (Å²) >= 11 is 0. The van der Waals surface area contributed by atoms with Crippen LogP contribution in [0.3, 0.4) is 0 Å². The molecule has 0 fully saturated rings. The standard InChI is InChI=1S/C41H28N6/c42-38(30-13-5-2-6-14-30)47-39(43)34-16-8-10-18-36(34)45-41(47)32-25-21-28(22-26-32)27-19-23-31(24-20-27)40-44-35-17-9-7-15-33(35)37(46-40)29-11-3-1-4-12-29/h1-26,42-43H/p+1. The smallest absolute Gasteiger partial charge is 0.286 e. The molecular formula is C41H29N6+. The Hall–Kier alpha value is -6.53. The van der Waals surface area contributed by atoms with E-state index < -0.39 is 0 Å². The van der Waals surface area contributed by atoms with Crippen molar-refractivity contribution in [1.82, 2.24) is 19.5 Å². The summed E-state index contributed by atoms with van der Waals surface area (Å²) in [6.07, 6.45) is 0. The maximum atomic E-state index is 9.10. The minimum atomic E-state index is 0.290. The van der Waals surface area contributed by atoms with Crippen molar-refractivity contribution in [3.63, 3.8) is 0 Å². The van der Waals surface area contributed by atoms with Gasteiger partial charge in [-0.25, -0.2) is 15.0 Å². The van der Waals surface area contributed by atoms with Crippen LogP contribution in [0.5, 0.6) is 0 Å². The molecule has 6 heteroatoms. The third-order valence-electron chi connectivity index (χ3n) is 8.40. The molecule has 8 rings (SSSR count). The predicted molar refractivity (Wildman–Crippen MR) is 188 cm³/mol. The molecular weight excluding hydrogens is 576 g/mol. The van der Waals surface area contributed by atoms with Gasteiger partial charge < -0.3 is 0 Å². The molecule has 0 spiro atoms. The molecule has 0 saturated heterocycles. The molecule has 6 nitrogen and oxygen atoms in total. The van der Waals surface area contributed by atoms with Gasteiger partial charge in [-0.15, -0.1) is 0 Å².